The Bertz CT molecular complexity index is 1010. The van der Waals surface area contributed by atoms with Crippen LogP contribution < -0.4 is 5.56 Å². The highest BCUT2D eigenvalue weighted by Gasteiger charge is 2.35. The number of rotatable bonds is 1. The summed E-state index contributed by atoms with van der Waals surface area (Å²) in [5.41, 5.74) is 2.17. The lowest BCUT2D eigenvalue weighted by Crippen LogP contribution is -2.34. The van der Waals surface area contributed by atoms with Crippen LogP contribution in [0, 0.1) is 5.41 Å². The predicted molar refractivity (Wildman–Crippen MR) is 96.0 cm³/mol. The molecule has 120 valence electrons. The first kappa shape index (κ1) is 14.9. The fourth-order valence-electron chi connectivity index (χ4n) is 3.77. The van der Waals surface area contributed by atoms with Gasteiger partial charge in [-0.3, -0.25) is 14.2 Å². The molecule has 1 heterocycles. The van der Waals surface area contributed by atoms with Crippen molar-refractivity contribution in [3.63, 3.8) is 0 Å². The molecule has 1 aliphatic rings. The SMILES string of the molecule is CC1(C)CC(=O)c2c(n(-c3ccccc3)c(=O)c3ccccc23)C1. The third kappa shape index (κ3) is 2.20. The number of Topliss-reactive ketones (excluding diaryl/α,β-unsaturated/α-hetero) is 1. The first-order valence-electron chi connectivity index (χ1n) is 8.23. The van der Waals surface area contributed by atoms with E-state index in [-0.39, 0.29) is 16.8 Å². The van der Waals surface area contributed by atoms with E-state index in [0.29, 0.717) is 23.8 Å². The van der Waals surface area contributed by atoms with Crippen LogP contribution in [-0.2, 0) is 6.42 Å². The summed E-state index contributed by atoms with van der Waals surface area (Å²) in [5.74, 6) is 0.127. The van der Waals surface area contributed by atoms with E-state index < -0.39 is 0 Å². The molecule has 1 aliphatic carbocycles. The van der Waals surface area contributed by atoms with Gasteiger partial charge in [-0.05, 0) is 35.4 Å². The molecule has 1 aromatic heterocycles. The first-order valence-corrected chi connectivity index (χ1v) is 8.23. The number of fused-ring (bicyclic) bond motifs is 3. The van der Waals surface area contributed by atoms with Crippen molar-refractivity contribution in [2.75, 3.05) is 0 Å². The summed E-state index contributed by atoms with van der Waals surface area (Å²) in [6.07, 6.45) is 1.22. The minimum atomic E-state index is -0.143. The highest BCUT2D eigenvalue weighted by molar-refractivity contribution is 6.10. The Morgan fingerprint density at radius 3 is 2.17 bits per heavy atom. The Balaban J connectivity index is 2.19. The predicted octanol–water partition coefficient (Wildman–Crippen LogP) is 4.15. The van der Waals surface area contributed by atoms with Crippen LogP contribution in [0.4, 0.5) is 0 Å². The van der Waals surface area contributed by atoms with E-state index in [1.54, 1.807) is 4.57 Å². The second kappa shape index (κ2) is 5.17. The number of pyridine rings is 1. The number of carbonyl (C=O) groups is 1. The maximum absolute atomic E-state index is 13.2. The van der Waals surface area contributed by atoms with Gasteiger partial charge in [-0.2, -0.15) is 0 Å². The molecule has 0 aliphatic heterocycles. The molecule has 0 atom stereocenters. The molecule has 0 saturated heterocycles. The molecular formula is C21H19NO2. The molecule has 0 unspecified atom stereocenters. The van der Waals surface area contributed by atoms with E-state index in [1.807, 2.05) is 54.6 Å². The van der Waals surface area contributed by atoms with Crippen molar-refractivity contribution in [3.05, 3.63) is 76.2 Å². The van der Waals surface area contributed by atoms with E-state index in [1.165, 1.54) is 0 Å². The van der Waals surface area contributed by atoms with Crippen molar-refractivity contribution in [3.8, 4) is 5.69 Å². The van der Waals surface area contributed by atoms with E-state index >= 15 is 0 Å². The van der Waals surface area contributed by atoms with Gasteiger partial charge < -0.3 is 0 Å². The number of carbonyl (C=O) groups excluding carboxylic acids is 1. The number of ketones is 1. The zero-order valence-corrected chi connectivity index (χ0v) is 13.9. The van der Waals surface area contributed by atoms with Crippen molar-refractivity contribution in [1.29, 1.82) is 0 Å². The number of hydrogen-bond acceptors (Lipinski definition) is 2. The standard InChI is InChI=1S/C21H19NO2/c1-21(2)12-17-19(18(23)13-21)15-10-6-7-11-16(15)20(24)22(17)14-8-4-3-5-9-14/h3-11H,12-13H2,1-2H3. The van der Waals surface area contributed by atoms with Crippen LogP contribution in [0.3, 0.4) is 0 Å². The van der Waals surface area contributed by atoms with Gasteiger partial charge in [0.15, 0.2) is 5.78 Å². The average molecular weight is 317 g/mol. The van der Waals surface area contributed by atoms with Crippen LogP contribution in [0.5, 0.6) is 0 Å². The fraction of sp³-hybridized carbons (Fsp3) is 0.238. The number of nitrogens with zero attached hydrogens (tertiary/aromatic N) is 1. The molecule has 0 N–H and O–H groups in total. The molecular weight excluding hydrogens is 298 g/mol. The number of aromatic nitrogens is 1. The van der Waals surface area contributed by atoms with Gasteiger partial charge in [0.05, 0.1) is 0 Å². The van der Waals surface area contributed by atoms with Crippen molar-refractivity contribution >= 4 is 16.6 Å². The second-order valence-corrected chi connectivity index (χ2v) is 7.28. The molecule has 24 heavy (non-hydrogen) atoms. The Morgan fingerprint density at radius 1 is 0.833 bits per heavy atom. The maximum atomic E-state index is 13.2. The van der Waals surface area contributed by atoms with Crippen molar-refractivity contribution in [2.45, 2.75) is 26.7 Å². The van der Waals surface area contributed by atoms with Crippen LogP contribution in [0.2, 0.25) is 0 Å². The molecule has 3 aromatic rings. The number of hydrogen-bond donors (Lipinski definition) is 0. The Kier molecular flexibility index (Phi) is 3.20. The summed E-state index contributed by atoms with van der Waals surface area (Å²) in [7, 11) is 0. The topological polar surface area (TPSA) is 39.1 Å². The zero-order valence-electron chi connectivity index (χ0n) is 13.9. The van der Waals surface area contributed by atoms with Gasteiger partial charge >= 0.3 is 0 Å². The van der Waals surface area contributed by atoms with E-state index in [2.05, 4.69) is 13.8 Å². The quantitative estimate of drug-likeness (QED) is 0.676. The lowest BCUT2D eigenvalue weighted by atomic mass is 9.74. The van der Waals surface area contributed by atoms with Crippen LogP contribution in [-0.4, -0.2) is 10.4 Å². The lowest BCUT2D eigenvalue weighted by Gasteiger charge is -2.32. The molecule has 0 fully saturated rings. The van der Waals surface area contributed by atoms with Gasteiger partial charge in [0.2, 0.25) is 0 Å². The monoisotopic (exact) mass is 317 g/mol. The minimum Gasteiger partial charge on any atom is -0.294 e. The molecule has 0 spiro atoms. The maximum Gasteiger partial charge on any atom is 0.263 e. The summed E-state index contributed by atoms with van der Waals surface area (Å²) >= 11 is 0. The smallest absolute Gasteiger partial charge is 0.263 e. The summed E-state index contributed by atoms with van der Waals surface area (Å²) in [6, 6.07) is 17.0. The van der Waals surface area contributed by atoms with Crippen molar-refractivity contribution in [2.24, 2.45) is 5.41 Å². The molecule has 3 nitrogen and oxygen atoms in total. The Morgan fingerprint density at radius 2 is 1.46 bits per heavy atom. The Hall–Kier alpha value is -2.68. The van der Waals surface area contributed by atoms with E-state index in [0.717, 1.165) is 16.8 Å². The molecule has 0 saturated carbocycles. The summed E-state index contributed by atoms with van der Waals surface area (Å²) in [5, 5.41) is 1.39. The summed E-state index contributed by atoms with van der Waals surface area (Å²) in [6.45, 7) is 4.17. The summed E-state index contributed by atoms with van der Waals surface area (Å²) < 4.78 is 1.73. The number of benzene rings is 2. The second-order valence-electron chi connectivity index (χ2n) is 7.28. The minimum absolute atomic E-state index is 0.0546. The molecule has 2 aromatic carbocycles. The lowest BCUT2D eigenvalue weighted by molar-refractivity contribution is 0.0911. The first-order chi connectivity index (χ1) is 11.5. The molecule has 3 heteroatoms. The zero-order chi connectivity index (χ0) is 16.9. The van der Waals surface area contributed by atoms with E-state index in [4.69, 9.17) is 0 Å². The molecule has 0 bridgehead atoms. The molecule has 0 radical (unpaired) electrons. The third-order valence-electron chi connectivity index (χ3n) is 4.77. The Labute approximate surface area is 140 Å². The largest absolute Gasteiger partial charge is 0.294 e. The third-order valence-corrected chi connectivity index (χ3v) is 4.77. The molecule has 0 amide bonds. The van der Waals surface area contributed by atoms with Crippen LogP contribution in [0.1, 0.15) is 36.3 Å². The van der Waals surface area contributed by atoms with Crippen LogP contribution in [0.15, 0.2) is 59.4 Å². The van der Waals surface area contributed by atoms with Crippen molar-refractivity contribution in [1.82, 2.24) is 4.57 Å². The molecule has 4 rings (SSSR count). The normalized spacial score (nSPS) is 16.2. The highest BCUT2D eigenvalue weighted by atomic mass is 16.1. The average Bonchev–Trinajstić information content (AvgIpc) is 2.54. The fourth-order valence-corrected chi connectivity index (χ4v) is 3.77. The van der Waals surface area contributed by atoms with Gasteiger partial charge in [0, 0.05) is 28.8 Å². The van der Waals surface area contributed by atoms with Gasteiger partial charge in [0.25, 0.3) is 5.56 Å². The van der Waals surface area contributed by atoms with E-state index in [9.17, 15) is 9.59 Å². The summed E-state index contributed by atoms with van der Waals surface area (Å²) in [4.78, 5) is 26.1. The van der Waals surface area contributed by atoms with Gasteiger partial charge in [0.1, 0.15) is 0 Å². The van der Waals surface area contributed by atoms with Crippen LogP contribution in [0.25, 0.3) is 16.5 Å². The van der Waals surface area contributed by atoms with Gasteiger partial charge in [-0.25, -0.2) is 0 Å². The van der Waals surface area contributed by atoms with Crippen molar-refractivity contribution < 1.29 is 4.79 Å². The van der Waals surface area contributed by atoms with Gasteiger partial charge in [-0.15, -0.1) is 0 Å². The van der Waals surface area contributed by atoms with Crippen LogP contribution >= 0.6 is 0 Å². The highest BCUT2D eigenvalue weighted by Crippen LogP contribution is 2.37. The van der Waals surface area contributed by atoms with Gasteiger partial charge in [-0.1, -0.05) is 50.2 Å². The number of para-hydroxylation sites is 1.